The molecular formula is C19H29N3O. The van der Waals surface area contributed by atoms with Crippen LogP contribution in [0.4, 0.5) is 0 Å². The lowest BCUT2D eigenvalue weighted by Crippen LogP contribution is -2.43. The minimum atomic E-state index is 0.0733. The molecule has 0 atom stereocenters. The smallest absolute Gasteiger partial charge is 0.266 e. The normalized spacial score (nSPS) is 24.9. The van der Waals surface area contributed by atoms with Gasteiger partial charge in [-0.3, -0.25) is 4.79 Å². The molecule has 3 fully saturated rings. The van der Waals surface area contributed by atoms with Crippen molar-refractivity contribution in [3.63, 3.8) is 0 Å². The maximum Gasteiger partial charge on any atom is 0.266 e. The molecule has 126 valence electrons. The minimum absolute atomic E-state index is 0.0733. The molecule has 2 heterocycles. The summed E-state index contributed by atoms with van der Waals surface area (Å²) in [4.78, 5) is 14.8. The average Bonchev–Trinajstić information content (AvgIpc) is 3.43. The predicted molar refractivity (Wildman–Crippen MR) is 91.6 cm³/mol. The van der Waals surface area contributed by atoms with E-state index >= 15 is 0 Å². The van der Waals surface area contributed by atoms with Gasteiger partial charge in [-0.15, -0.1) is 0 Å². The summed E-state index contributed by atoms with van der Waals surface area (Å²) in [5.74, 6) is 1.24. The van der Waals surface area contributed by atoms with Gasteiger partial charge in [0.1, 0.15) is 0 Å². The van der Waals surface area contributed by atoms with E-state index in [9.17, 15) is 4.79 Å². The molecule has 1 aliphatic heterocycles. The van der Waals surface area contributed by atoms with Gasteiger partial charge in [-0.25, -0.2) is 4.68 Å². The van der Waals surface area contributed by atoms with Crippen LogP contribution in [-0.2, 0) is 6.54 Å². The molecule has 4 rings (SSSR count). The van der Waals surface area contributed by atoms with Gasteiger partial charge in [-0.2, -0.15) is 5.10 Å². The van der Waals surface area contributed by atoms with Crippen LogP contribution in [0.15, 0.2) is 16.9 Å². The summed E-state index contributed by atoms with van der Waals surface area (Å²) in [6.45, 7) is 3.25. The topological polar surface area (TPSA) is 38.1 Å². The second kappa shape index (κ2) is 6.76. The minimum Gasteiger partial charge on any atom is -0.300 e. The monoisotopic (exact) mass is 315 g/mol. The number of rotatable bonds is 4. The highest BCUT2D eigenvalue weighted by Crippen LogP contribution is 2.38. The lowest BCUT2D eigenvalue weighted by Gasteiger charge is -2.39. The molecule has 3 aliphatic rings. The Bertz CT molecular complexity index is 579. The summed E-state index contributed by atoms with van der Waals surface area (Å²) in [5, 5.41) is 4.63. The van der Waals surface area contributed by atoms with Gasteiger partial charge in [0.05, 0.1) is 5.69 Å². The molecule has 2 aliphatic carbocycles. The Labute approximate surface area is 138 Å². The van der Waals surface area contributed by atoms with Crippen molar-refractivity contribution in [2.24, 2.45) is 5.92 Å². The number of hydrogen-bond donors (Lipinski definition) is 0. The van der Waals surface area contributed by atoms with Gasteiger partial charge in [-0.1, -0.05) is 19.3 Å². The molecule has 1 aromatic rings. The van der Waals surface area contributed by atoms with E-state index in [1.54, 1.807) is 10.7 Å². The van der Waals surface area contributed by atoms with Crippen LogP contribution in [0.1, 0.15) is 69.4 Å². The molecule has 23 heavy (non-hydrogen) atoms. The molecule has 1 aromatic heterocycles. The zero-order chi connectivity index (χ0) is 15.6. The molecule has 0 aromatic carbocycles. The summed E-state index contributed by atoms with van der Waals surface area (Å²) >= 11 is 0. The zero-order valence-electron chi connectivity index (χ0n) is 14.1. The first-order valence-corrected chi connectivity index (χ1v) is 9.62. The Morgan fingerprint density at radius 2 is 1.70 bits per heavy atom. The third-order valence-corrected chi connectivity index (χ3v) is 6.05. The van der Waals surface area contributed by atoms with E-state index in [2.05, 4.69) is 10.00 Å². The second-order valence-electron chi connectivity index (χ2n) is 7.82. The first-order valence-electron chi connectivity index (χ1n) is 9.62. The highest BCUT2D eigenvalue weighted by molar-refractivity contribution is 5.12. The number of aromatic nitrogens is 2. The van der Waals surface area contributed by atoms with Crippen molar-refractivity contribution >= 4 is 0 Å². The van der Waals surface area contributed by atoms with E-state index in [0.29, 0.717) is 11.8 Å². The van der Waals surface area contributed by atoms with Crippen LogP contribution in [-0.4, -0.2) is 33.8 Å². The Morgan fingerprint density at radius 3 is 2.39 bits per heavy atom. The van der Waals surface area contributed by atoms with E-state index in [-0.39, 0.29) is 5.56 Å². The van der Waals surface area contributed by atoms with Gasteiger partial charge in [0.2, 0.25) is 0 Å². The summed E-state index contributed by atoms with van der Waals surface area (Å²) in [7, 11) is 0. The van der Waals surface area contributed by atoms with Crippen molar-refractivity contribution in [2.45, 2.75) is 76.3 Å². The lowest BCUT2D eigenvalue weighted by molar-refractivity contribution is 0.100. The molecule has 0 radical (unpaired) electrons. The van der Waals surface area contributed by atoms with Crippen molar-refractivity contribution in [3.8, 4) is 0 Å². The fourth-order valence-electron chi connectivity index (χ4n) is 4.38. The van der Waals surface area contributed by atoms with Crippen LogP contribution in [0.3, 0.4) is 0 Å². The van der Waals surface area contributed by atoms with Crippen molar-refractivity contribution in [1.82, 2.24) is 14.7 Å². The van der Waals surface area contributed by atoms with E-state index in [1.165, 1.54) is 70.9 Å². The summed E-state index contributed by atoms with van der Waals surface area (Å²) in [6, 6.07) is 4.49. The molecule has 0 unspecified atom stereocenters. The van der Waals surface area contributed by atoms with Crippen LogP contribution >= 0.6 is 0 Å². The Morgan fingerprint density at radius 1 is 0.957 bits per heavy atom. The molecular weight excluding hydrogens is 286 g/mol. The third-order valence-electron chi connectivity index (χ3n) is 6.05. The van der Waals surface area contributed by atoms with E-state index in [4.69, 9.17) is 0 Å². The molecule has 1 saturated heterocycles. The van der Waals surface area contributed by atoms with Gasteiger partial charge < -0.3 is 4.90 Å². The molecule has 4 nitrogen and oxygen atoms in total. The maximum absolute atomic E-state index is 12.1. The largest absolute Gasteiger partial charge is 0.300 e. The Hall–Kier alpha value is -1.16. The first-order chi connectivity index (χ1) is 11.3. The molecule has 0 spiro atoms. The van der Waals surface area contributed by atoms with Crippen LogP contribution in [0.25, 0.3) is 0 Å². The summed E-state index contributed by atoms with van der Waals surface area (Å²) in [6.07, 6.45) is 12.0. The van der Waals surface area contributed by atoms with Crippen LogP contribution in [0.5, 0.6) is 0 Å². The van der Waals surface area contributed by atoms with Crippen molar-refractivity contribution in [2.75, 3.05) is 13.1 Å². The number of piperidine rings is 1. The van der Waals surface area contributed by atoms with Gasteiger partial charge in [0.15, 0.2) is 0 Å². The Kier molecular flexibility index (Phi) is 4.52. The molecule has 0 bridgehead atoms. The quantitative estimate of drug-likeness (QED) is 0.856. The van der Waals surface area contributed by atoms with Gasteiger partial charge in [0, 0.05) is 24.6 Å². The first kappa shape index (κ1) is 15.4. The molecule has 4 heteroatoms. The van der Waals surface area contributed by atoms with Crippen molar-refractivity contribution in [1.29, 1.82) is 0 Å². The summed E-state index contributed by atoms with van der Waals surface area (Å²) in [5.41, 5.74) is 1.20. The average molecular weight is 315 g/mol. The standard InChI is InChI=1S/C19H29N3O/c23-19-9-8-18(16-6-7-16)20-22(19)14-15-10-12-21(13-11-15)17-4-2-1-3-5-17/h8-9,15-17H,1-7,10-14H2. The van der Waals surface area contributed by atoms with Crippen LogP contribution in [0, 0.1) is 5.92 Å². The number of hydrogen-bond acceptors (Lipinski definition) is 3. The SMILES string of the molecule is O=c1ccc(C2CC2)nn1CC1CCN(C2CCCCC2)CC1. The van der Waals surface area contributed by atoms with Crippen molar-refractivity contribution < 1.29 is 0 Å². The highest BCUT2D eigenvalue weighted by Gasteiger charge is 2.28. The molecule has 0 amide bonds. The third kappa shape index (κ3) is 3.68. The predicted octanol–water partition coefficient (Wildman–Crippen LogP) is 3.17. The fraction of sp³-hybridized carbons (Fsp3) is 0.789. The number of nitrogens with zero attached hydrogens (tertiary/aromatic N) is 3. The van der Waals surface area contributed by atoms with Crippen LogP contribution < -0.4 is 5.56 Å². The maximum atomic E-state index is 12.1. The van der Waals surface area contributed by atoms with Crippen molar-refractivity contribution in [3.05, 3.63) is 28.2 Å². The molecule has 0 N–H and O–H groups in total. The van der Waals surface area contributed by atoms with Crippen LogP contribution in [0.2, 0.25) is 0 Å². The highest BCUT2D eigenvalue weighted by atomic mass is 16.1. The van der Waals surface area contributed by atoms with Gasteiger partial charge >= 0.3 is 0 Å². The summed E-state index contributed by atoms with van der Waals surface area (Å²) < 4.78 is 1.74. The van der Waals surface area contributed by atoms with Gasteiger partial charge in [0.25, 0.3) is 5.56 Å². The number of likely N-dealkylation sites (tertiary alicyclic amines) is 1. The Balaban J connectivity index is 1.34. The van der Waals surface area contributed by atoms with Gasteiger partial charge in [-0.05, 0) is 63.6 Å². The lowest BCUT2D eigenvalue weighted by atomic mass is 9.90. The van der Waals surface area contributed by atoms with E-state index < -0.39 is 0 Å². The van der Waals surface area contributed by atoms with E-state index in [0.717, 1.165) is 18.3 Å². The molecule has 2 saturated carbocycles. The van der Waals surface area contributed by atoms with E-state index in [1.807, 2.05) is 6.07 Å². The second-order valence-corrected chi connectivity index (χ2v) is 7.82. The fourth-order valence-corrected chi connectivity index (χ4v) is 4.38. The zero-order valence-corrected chi connectivity index (χ0v) is 14.1.